The Morgan fingerprint density at radius 3 is 2.68 bits per heavy atom. The van der Waals surface area contributed by atoms with Crippen molar-refractivity contribution in [2.24, 2.45) is 0 Å². The van der Waals surface area contributed by atoms with Gasteiger partial charge in [-0.15, -0.1) is 0 Å². The number of benzene rings is 1. The van der Waals surface area contributed by atoms with E-state index in [1.54, 1.807) is 4.90 Å². The van der Waals surface area contributed by atoms with E-state index in [2.05, 4.69) is 11.9 Å². The lowest BCUT2D eigenvalue weighted by Crippen LogP contribution is -2.35. The SMILES string of the molecule is CCc1nc2ccccc2n1CC(=O)N(C)C(C)C. The summed E-state index contributed by atoms with van der Waals surface area (Å²) in [5.41, 5.74) is 1.99. The Balaban J connectivity index is 2.36. The second kappa shape index (κ2) is 5.43. The molecule has 0 aliphatic rings. The molecule has 2 rings (SSSR count). The van der Waals surface area contributed by atoms with Gasteiger partial charge in [-0.25, -0.2) is 4.98 Å². The van der Waals surface area contributed by atoms with Gasteiger partial charge in [-0.2, -0.15) is 0 Å². The summed E-state index contributed by atoms with van der Waals surface area (Å²) in [5, 5.41) is 0. The first-order valence-corrected chi connectivity index (χ1v) is 6.74. The summed E-state index contributed by atoms with van der Waals surface area (Å²) in [4.78, 5) is 18.6. The zero-order valence-corrected chi connectivity index (χ0v) is 12.1. The van der Waals surface area contributed by atoms with E-state index in [-0.39, 0.29) is 11.9 Å². The Hall–Kier alpha value is -1.84. The van der Waals surface area contributed by atoms with E-state index in [1.165, 1.54) is 0 Å². The lowest BCUT2D eigenvalue weighted by atomic mass is 10.3. The molecule has 2 aromatic rings. The highest BCUT2D eigenvalue weighted by Gasteiger charge is 2.16. The summed E-state index contributed by atoms with van der Waals surface area (Å²) in [6, 6.07) is 8.18. The summed E-state index contributed by atoms with van der Waals surface area (Å²) < 4.78 is 2.02. The molecule has 0 saturated heterocycles. The molecule has 19 heavy (non-hydrogen) atoms. The molecule has 1 amide bonds. The van der Waals surface area contributed by atoms with Crippen LogP contribution < -0.4 is 0 Å². The van der Waals surface area contributed by atoms with Crippen molar-refractivity contribution < 1.29 is 4.79 Å². The molecule has 0 atom stereocenters. The monoisotopic (exact) mass is 259 g/mol. The summed E-state index contributed by atoms with van der Waals surface area (Å²) in [7, 11) is 1.84. The lowest BCUT2D eigenvalue weighted by Gasteiger charge is -2.22. The Morgan fingerprint density at radius 1 is 1.37 bits per heavy atom. The molecule has 0 fully saturated rings. The van der Waals surface area contributed by atoms with Gasteiger partial charge in [0.05, 0.1) is 11.0 Å². The predicted octanol–water partition coefficient (Wildman–Crippen LogP) is 2.47. The molecule has 0 radical (unpaired) electrons. The van der Waals surface area contributed by atoms with E-state index < -0.39 is 0 Å². The highest BCUT2D eigenvalue weighted by Crippen LogP contribution is 2.16. The van der Waals surface area contributed by atoms with Crippen LogP contribution in [0.5, 0.6) is 0 Å². The van der Waals surface area contributed by atoms with Gasteiger partial charge in [-0.1, -0.05) is 19.1 Å². The van der Waals surface area contributed by atoms with Crippen molar-refractivity contribution in [2.75, 3.05) is 7.05 Å². The molecule has 0 N–H and O–H groups in total. The van der Waals surface area contributed by atoms with Crippen molar-refractivity contribution in [2.45, 2.75) is 39.8 Å². The molecule has 4 heteroatoms. The van der Waals surface area contributed by atoms with Crippen molar-refractivity contribution >= 4 is 16.9 Å². The van der Waals surface area contributed by atoms with Crippen molar-refractivity contribution in [1.29, 1.82) is 0 Å². The maximum Gasteiger partial charge on any atom is 0.242 e. The average molecular weight is 259 g/mol. The first kappa shape index (κ1) is 13.6. The van der Waals surface area contributed by atoms with Crippen molar-refractivity contribution in [3.8, 4) is 0 Å². The number of carbonyl (C=O) groups is 1. The van der Waals surface area contributed by atoms with Crippen LogP contribution in [0, 0.1) is 0 Å². The van der Waals surface area contributed by atoms with Gasteiger partial charge in [-0.05, 0) is 26.0 Å². The van der Waals surface area contributed by atoms with E-state index in [9.17, 15) is 4.79 Å². The number of imidazole rings is 1. The minimum absolute atomic E-state index is 0.118. The molecule has 0 aliphatic heterocycles. The summed E-state index contributed by atoms with van der Waals surface area (Å²) in [6.07, 6.45) is 0.827. The van der Waals surface area contributed by atoms with Crippen molar-refractivity contribution in [1.82, 2.24) is 14.5 Å². The number of likely N-dealkylation sites (N-methyl/N-ethyl adjacent to an activating group) is 1. The van der Waals surface area contributed by atoms with Gasteiger partial charge >= 0.3 is 0 Å². The highest BCUT2D eigenvalue weighted by molar-refractivity contribution is 5.81. The van der Waals surface area contributed by atoms with Gasteiger partial charge in [0.2, 0.25) is 5.91 Å². The fourth-order valence-electron chi connectivity index (χ4n) is 2.11. The molecule has 1 heterocycles. The Morgan fingerprint density at radius 2 is 2.05 bits per heavy atom. The van der Waals surface area contributed by atoms with Gasteiger partial charge in [0.15, 0.2) is 0 Å². The smallest absolute Gasteiger partial charge is 0.242 e. The average Bonchev–Trinajstić information content (AvgIpc) is 2.76. The normalized spacial score (nSPS) is 11.2. The second-order valence-corrected chi connectivity index (χ2v) is 5.05. The third kappa shape index (κ3) is 2.62. The molecule has 1 aromatic heterocycles. The minimum Gasteiger partial charge on any atom is -0.342 e. The number of carbonyl (C=O) groups excluding carboxylic acids is 1. The number of aryl methyl sites for hydroxylation is 1. The van der Waals surface area contributed by atoms with Crippen LogP contribution in [0.1, 0.15) is 26.6 Å². The Kier molecular flexibility index (Phi) is 3.88. The maximum absolute atomic E-state index is 12.2. The fourth-order valence-corrected chi connectivity index (χ4v) is 2.11. The van der Waals surface area contributed by atoms with Crippen LogP contribution in [0.15, 0.2) is 24.3 Å². The molecule has 1 aromatic carbocycles. The quantitative estimate of drug-likeness (QED) is 0.846. The van der Waals surface area contributed by atoms with Crippen LogP contribution in [-0.4, -0.2) is 33.4 Å². The molecule has 0 bridgehead atoms. The molecule has 0 saturated carbocycles. The number of rotatable bonds is 4. The first-order valence-electron chi connectivity index (χ1n) is 6.74. The number of para-hydroxylation sites is 2. The summed E-state index contributed by atoms with van der Waals surface area (Å²) >= 11 is 0. The molecule has 102 valence electrons. The maximum atomic E-state index is 12.2. The number of aromatic nitrogens is 2. The van der Waals surface area contributed by atoms with Crippen LogP contribution in [0.25, 0.3) is 11.0 Å². The minimum atomic E-state index is 0.118. The molecule has 0 unspecified atom stereocenters. The van der Waals surface area contributed by atoms with Crippen LogP contribution >= 0.6 is 0 Å². The standard InChI is InChI=1S/C15H21N3O/c1-5-14-16-12-8-6-7-9-13(12)18(14)10-15(19)17(4)11(2)3/h6-9,11H,5,10H2,1-4H3. The lowest BCUT2D eigenvalue weighted by molar-refractivity contribution is -0.131. The molecular weight excluding hydrogens is 238 g/mol. The molecule has 0 spiro atoms. The number of hydrogen-bond acceptors (Lipinski definition) is 2. The van der Waals surface area contributed by atoms with Gasteiger partial charge < -0.3 is 9.47 Å². The molecule has 4 nitrogen and oxygen atoms in total. The van der Waals surface area contributed by atoms with E-state index in [0.717, 1.165) is 23.3 Å². The van der Waals surface area contributed by atoms with Gasteiger partial charge in [-0.3, -0.25) is 4.79 Å². The fraction of sp³-hybridized carbons (Fsp3) is 0.467. The van der Waals surface area contributed by atoms with Crippen LogP contribution in [-0.2, 0) is 17.8 Å². The third-order valence-electron chi connectivity index (χ3n) is 3.51. The summed E-state index contributed by atoms with van der Waals surface area (Å²) in [6.45, 7) is 6.46. The number of amides is 1. The third-order valence-corrected chi connectivity index (χ3v) is 3.51. The number of hydrogen-bond donors (Lipinski definition) is 0. The van der Waals surface area contributed by atoms with Crippen molar-refractivity contribution in [3.63, 3.8) is 0 Å². The molecular formula is C15H21N3O. The highest BCUT2D eigenvalue weighted by atomic mass is 16.2. The van der Waals surface area contributed by atoms with Crippen molar-refractivity contribution in [3.05, 3.63) is 30.1 Å². The largest absolute Gasteiger partial charge is 0.342 e. The van der Waals surface area contributed by atoms with E-state index in [1.807, 2.05) is 49.7 Å². The van der Waals surface area contributed by atoms with E-state index in [0.29, 0.717) is 6.54 Å². The van der Waals surface area contributed by atoms with E-state index >= 15 is 0 Å². The number of nitrogens with zero attached hydrogens (tertiary/aromatic N) is 3. The van der Waals surface area contributed by atoms with E-state index in [4.69, 9.17) is 0 Å². The Bertz CT molecular complexity index is 586. The predicted molar refractivity (Wildman–Crippen MR) is 77.0 cm³/mol. The topological polar surface area (TPSA) is 38.1 Å². The van der Waals surface area contributed by atoms with Gasteiger partial charge in [0, 0.05) is 19.5 Å². The van der Waals surface area contributed by atoms with Crippen LogP contribution in [0.4, 0.5) is 0 Å². The number of fused-ring (bicyclic) bond motifs is 1. The summed E-state index contributed by atoms with van der Waals surface area (Å²) in [5.74, 6) is 1.08. The zero-order chi connectivity index (χ0) is 14.0. The first-order chi connectivity index (χ1) is 9.04. The van der Waals surface area contributed by atoms with Crippen LogP contribution in [0.2, 0.25) is 0 Å². The molecule has 0 aliphatic carbocycles. The van der Waals surface area contributed by atoms with Gasteiger partial charge in [0.25, 0.3) is 0 Å². The van der Waals surface area contributed by atoms with Crippen LogP contribution in [0.3, 0.4) is 0 Å². The second-order valence-electron chi connectivity index (χ2n) is 5.05. The van der Waals surface area contributed by atoms with Gasteiger partial charge in [0.1, 0.15) is 12.4 Å². The zero-order valence-electron chi connectivity index (χ0n) is 12.1. The Labute approximate surface area is 114 Å².